The van der Waals surface area contributed by atoms with E-state index in [-0.39, 0.29) is 0 Å². The van der Waals surface area contributed by atoms with E-state index < -0.39 is 0 Å². The number of aryl methyl sites for hydroxylation is 1. The molecule has 1 aliphatic rings. The van der Waals surface area contributed by atoms with Gasteiger partial charge in [0.1, 0.15) is 17.6 Å². The average Bonchev–Trinajstić information content (AvgIpc) is 3.43. The molecule has 1 saturated heterocycles. The molecule has 150 valence electrons. The van der Waals surface area contributed by atoms with Crippen molar-refractivity contribution in [1.29, 1.82) is 0 Å². The molecule has 4 heterocycles. The van der Waals surface area contributed by atoms with Gasteiger partial charge in [-0.3, -0.25) is 0 Å². The SMILES string of the molecule is COc1cc(C)cc2cc(-c3c(CNC4CCOC4)cn4ncnc(N)c34)sc12. The number of hydrogen-bond donors (Lipinski definition) is 2. The first kappa shape index (κ1) is 18.4. The molecule has 0 bridgehead atoms. The van der Waals surface area contributed by atoms with Gasteiger partial charge in [0.2, 0.25) is 0 Å². The smallest absolute Gasteiger partial charge is 0.152 e. The van der Waals surface area contributed by atoms with Crippen molar-refractivity contribution in [2.24, 2.45) is 0 Å². The number of methoxy groups -OCH3 is 1. The van der Waals surface area contributed by atoms with Crippen LogP contribution in [0.4, 0.5) is 5.82 Å². The number of thiophene rings is 1. The normalized spacial score (nSPS) is 16.8. The largest absolute Gasteiger partial charge is 0.495 e. The molecule has 7 nitrogen and oxygen atoms in total. The standard InChI is InChI=1S/C21H23N5O2S/c1-12-5-13-7-17(29-20(13)16(6-12)27-2)18-14(8-23-15-3-4-28-10-15)9-26-19(18)21(22)24-11-25-26/h5-7,9,11,15,23H,3-4,8,10H2,1-2H3,(H2,22,24,25). The summed E-state index contributed by atoms with van der Waals surface area (Å²) in [6.07, 6.45) is 4.56. The average molecular weight is 410 g/mol. The Kier molecular flexibility index (Phi) is 4.61. The van der Waals surface area contributed by atoms with Crippen LogP contribution in [0.3, 0.4) is 0 Å². The first-order valence-electron chi connectivity index (χ1n) is 9.64. The first-order chi connectivity index (χ1) is 14.1. The molecule has 8 heteroatoms. The molecule has 0 radical (unpaired) electrons. The van der Waals surface area contributed by atoms with Crippen LogP contribution in [0, 0.1) is 6.92 Å². The number of nitrogens with zero attached hydrogens (tertiary/aromatic N) is 3. The maximum absolute atomic E-state index is 6.27. The molecule has 4 aromatic rings. The first-order valence-corrected chi connectivity index (χ1v) is 10.5. The van der Waals surface area contributed by atoms with Crippen molar-refractivity contribution < 1.29 is 9.47 Å². The van der Waals surface area contributed by atoms with Crippen molar-refractivity contribution in [3.63, 3.8) is 0 Å². The third-order valence-corrected chi connectivity index (χ3v) is 6.57. The molecule has 29 heavy (non-hydrogen) atoms. The highest BCUT2D eigenvalue weighted by molar-refractivity contribution is 7.22. The fourth-order valence-electron chi connectivity index (χ4n) is 3.98. The van der Waals surface area contributed by atoms with Gasteiger partial charge < -0.3 is 20.5 Å². The van der Waals surface area contributed by atoms with Crippen LogP contribution in [-0.4, -0.2) is 41.0 Å². The topological polar surface area (TPSA) is 86.7 Å². The Morgan fingerprint density at radius 1 is 1.38 bits per heavy atom. The predicted octanol–water partition coefficient (Wildman–Crippen LogP) is 3.39. The molecule has 1 aromatic carbocycles. The molecule has 1 unspecified atom stereocenters. The van der Waals surface area contributed by atoms with Crippen molar-refractivity contribution >= 4 is 32.8 Å². The van der Waals surface area contributed by atoms with Crippen molar-refractivity contribution in [1.82, 2.24) is 19.9 Å². The number of ether oxygens (including phenoxy) is 2. The summed E-state index contributed by atoms with van der Waals surface area (Å²) in [7, 11) is 1.71. The minimum atomic E-state index is 0.374. The third-order valence-electron chi connectivity index (χ3n) is 5.38. The van der Waals surface area contributed by atoms with Gasteiger partial charge in [-0.15, -0.1) is 11.3 Å². The maximum atomic E-state index is 6.27. The van der Waals surface area contributed by atoms with E-state index in [0.717, 1.165) is 58.1 Å². The van der Waals surface area contributed by atoms with Gasteiger partial charge in [-0.25, -0.2) is 9.50 Å². The molecule has 3 N–H and O–H groups in total. The van der Waals surface area contributed by atoms with Gasteiger partial charge in [0.05, 0.1) is 18.4 Å². The summed E-state index contributed by atoms with van der Waals surface area (Å²) in [4.78, 5) is 5.36. The van der Waals surface area contributed by atoms with E-state index in [9.17, 15) is 0 Å². The summed E-state index contributed by atoms with van der Waals surface area (Å²) in [6.45, 7) is 4.37. The Hall–Kier alpha value is -2.68. The molecule has 0 spiro atoms. The van der Waals surface area contributed by atoms with Gasteiger partial charge in [0, 0.05) is 35.8 Å². The van der Waals surface area contributed by atoms with Gasteiger partial charge in [-0.05, 0) is 42.0 Å². The number of anilines is 1. The number of hydrogen-bond acceptors (Lipinski definition) is 7. The van der Waals surface area contributed by atoms with Crippen LogP contribution < -0.4 is 15.8 Å². The lowest BCUT2D eigenvalue weighted by Gasteiger charge is -2.10. The Balaban J connectivity index is 1.66. The second-order valence-corrected chi connectivity index (χ2v) is 8.46. The second-order valence-electron chi connectivity index (χ2n) is 7.41. The van der Waals surface area contributed by atoms with Crippen molar-refractivity contribution in [2.45, 2.75) is 25.9 Å². The molecular weight excluding hydrogens is 386 g/mol. The van der Waals surface area contributed by atoms with Crippen LogP contribution in [0.2, 0.25) is 0 Å². The summed E-state index contributed by atoms with van der Waals surface area (Å²) in [5.74, 6) is 1.37. The number of aromatic nitrogens is 3. The zero-order chi connectivity index (χ0) is 20.0. The van der Waals surface area contributed by atoms with Crippen molar-refractivity contribution in [2.75, 3.05) is 26.1 Å². The van der Waals surface area contributed by atoms with Crippen LogP contribution in [-0.2, 0) is 11.3 Å². The molecule has 0 amide bonds. The lowest BCUT2D eigenvalue weighted by Crippen LogP contribution is -2.28. The molecule has 0 saturated carbocycles. The minimum absolute atomic E-state index is 0.374. The molecule has 5 rings (SSSR count). The van der Waals surface area contributed by atoms with E-state index in [1.54, 1.807) is 18.4 Å². The van der Waals surface area contributed by atoms with Crippen LogP contribution in [0.15, 0.2) is 30.7 Å². The summed E-state index contributed by atoms with van der Waals surface area (Å²) < 4.78 is 14.1. The highest BCUT2D eigenvalue weighted by Crippen LogP contribution is 2.43. The van der Waals surface area contributed by atoms with Gasteiger partial charge in [0.15, 0.2) is 5.82 Å². The maximum Gasteiger partial charge on any atom is 0.152 e. The van der Waals surface area contributed by atoms with E-state index in [0.29, 0.717) is 11.9 Å². The zero-order valence-corrected chi connectivity index (χ0v) is 17.3. The van der Waals surface area contributed by atoms with Crippen LogP contribution in [0.5, 0.6) is 5.75 Å². The fraction of sp³-hybridized carbons (Fsp3) is 0.333. The number of nitrogens with one attached hydrogen (secondary N) is 1. The van der Waals surface area contributed by atoms with E-state index >= 15 is 0 Å². The van der Waals surface area contributed by atoms with E-state index in [4.69, 9.17) is 15.2 Å². The van der Waals surface area contributed by atoms with E-state index in [1.807, 2.05) is 10.7 Å². The van der Waals surface area contributed by atoms with Crippen LogP contribution in [0.25, 0.3) is 26.0 Å². The summed E-state index contributed by atoms with van der Waals surface area (Å²) in [5, 5.41) is 9.16. The minimum Gasteiger partial charge on any atom is -0.495 e. The van der Waals surface area contributed by atoms with Crippen LogP contribution in [0.1, 0.15) is 17.5 Å². The lowest BCUT2D eigenvalue weighted by atomic mass is 10.1. The van der Waals surface area contributed by atoms with Crippen molar-refractivity contribution in [3.05, 3.63) is 41.9 Å². The van der Waals surface area contributed by atoms with Crippen molar-refractivity contribution in [3.8, 4) is 16.2 Å². The summed E-state index contributed by atoms with van der Waals surface area (Å²) in [5.41, 5.74) is 10.5. The van der Waals surface area contributed by atoms with Gasteiger partial charge in [-0.1, -0.05) is 6.07 Å². The highest BCUT2D eigenvalue weighted by Gasteiger charge is 2.21. The quantitative estimate of drug-likeness (QED) is 0.525. The van der Waals surface area contributed by atoms with Gasteiger partial charge >= 0.3 is 0 Å². The molecule has 1 atom stereocenters. The zero-order valence-electron chi connectivity index (χ0n) is 16.4. The van der Waals surface area contributed by atoms with E-state index in [2.05, 4.69) is 40.5 Å². The molecule has 1 fully saturated rings. The Morgan fingerprint density at radius 2 is 2.28 bits per heavy atom. The van der Waals surface area contributed by atoms with Crippen LogP contribution >= 0.6 is 11.3 Å². The molecule has 1 aliphatic heterocycles. The second kappa shape index (κ2) is 7.29. The Bertz CT molecular complexity index is 1190. The monoisotopic (exact) mass is 409 g/mol. The number of rotatable bonds is 5. The Labute approximate surface area is 172 Å². The number of nitrogens with two attached hydrogens (primary N) is 1. The summed E-state index contributed by atoms with van der Waals surface area (Å²) >= 11 is 1.71. The fourth-order valence-corrected chi connectivity index (χ4v) is 5.20. The molecular formula is C21H23N5O2S. The predicted molar refractivity (Wildman–Crippen MR) is 116 cm³/mol. The third kappa shape index (κ3) is 3.23. The molecule has 3 aromatic heterocycles. The Morgan fingerprint density at radius 3 is 3.07 bits per heavy atom. The number of benzene rings is 1. The number of fused-ring (bicyclic) bond motifs is 2. The van der Waals surface area contributed by atoms with E-state index in [1.165, 1.54) is 17.3 Å². The summed E-state index contributed by atoms with van der Waals surface area (Å²) in [6, 6.07) is 6.84. The van der Waals surface area contributed by atoms with Gasteiger partial charge in [0.25, 0.3) is 0 Å². The van der Waals surface area contributed by atoms with Gasteiger partial charge in [-0.2, -0.15) is 5.10 Å². The highest BCUT2D eigenvalue weighted by atomic mass is 32.1. The molecule has 0 aliphatic carbocycles. The lowest BCUT2D eigenvalue weighted by molar-refractivity contribution is 0.190. The number of nitrogen functional groups attached to an aromatic ring is 1.